The third-order valence-corrected chi connectivity index (χ3v) is 18.9. The SMILES string of the molecule is C[C@H]1O[C@H](O[C@@H]2[C@@H](O)[C@H](O[C@@H]3CC[C@]4(C)[C@H](CC[C@]5(C)[C@@H]4CC=C4[C@H]6CC(C)(C)CC[C@]6(C(=O)O)CC[C@@]45C)C3(C)C)O[C@H](CO)[C@H]2O)[C@H](O[C@@H]2OC[C@H](O)[C@H](O)[C@H]2O)[C@H](O)[C@@H]1O. The number of ether oxygens (including phenoxy) is 6. The van der Waals surface area contributed by atoms with Crippen LogP contribution >= 0.6 is 0 Å². The van der Waals surface area contributed by atoms with Crippen molar-refractivity contribution in [3.8, 4) is 0 Å². The highest BCUT2D eigenvalue weighted by atomic mass is 16.8. The van der Waals surface area contributed by atoms with Crippen molar-refractivity contribution < 1.29 is 79.2 Å². The third-order valence-electron chi connectivity index (χ3n) is 18.9. The topological polar surface area (TPSA) is 255 Å². The highest BCUT2D eigenvalue weighted by Gasteiger charge is 2.70. The fourth-order valence-corrected chi connectivity index (χ4v) is 14.8. The first kappa shape index (κ1) is 48.1. The Kier molecular flexibility index (Phi) is 12.8. The molecule has 9 N–H and O–H groups in total. The van der Waals surface area contributed by atoms with Gasteiger partial charge in [0.2, 0.25) is 0 Å². The second-order valence-electron chi connectivity index (χ2n) is 23.0. The Labute approximate surface area is 371 Å². The van der Waals surface area contributed by atoms with Gasteiger partial charge in [-0.3, -0.25) is 4.79 Å². The number of fused-ring (bicyclic) bond motifs is 7. The number of carboxylic acid groups (broad SMARTS) is 1. The summed E-state index contributed by atoms with van der Waals surface area (Å²) >= 11 is 0. The Balaban J connectivity index is 1.01. The summed E-state index contributed by atoms with van der Waals surface area (Å²) in [5.74, 6) is -0.0297. The van der Waals surface area contributed by atoms with Crippen molar-refractivity contribution in [3.63, 3.8) is 0 Å². The summed E-state index contributed by atoms with van der Waals surface area (Å²) in [6, 6.07) is 0. The largest absolute Gasteiger partial charge is 0.481 e. The number of allylic oxidation sites excluding steroid dienone is 2. The Morgan fingerprint density at radius 1 is 0.714 bits per heavy atom. The fourth-order valence-electron chi connectivity index (χ4n) is 14.8. The highest BCUT2D eigenvalue weighted by Crippen LogP contribution is 2.76. The van der Waals surface area contributed by atoms with Crippen molar-refractivity contribution in [2.45, 2.75) is 212 Å². The lowest BCUT2D eigenvalue weighted by atomic mass is 9.33. The zero-order valence-corrected chi connectivity index (χ0v) is 38.3. The molecular weight excluding hydrogens is 821 g/mol. The van der Waals surface area contributed by atoms with Crippen LogP contribution in [0, 0.1) is 50.2 Å². The molecule has 7 fully saturated rings. The first-order chi connectivity index (χ1) is 29.4. The van der Waals surface area contributed by atoms with E-state index in [1.54, 1.807) is 0 Å². The van der Waals surface area contributed by atoms with Gasteiger partial charge in [0.15, 0.2) is 18.9 Å². The maximum atomic E-state index is 13.1. The molecule has 3 aliphatic heterocycles. The molecule has 22 atom stereocenters. The fraction of sp³-hybridized carbons (Fsp3) is 0.936. The molecular formula is C47H76O16. The number of rotatable bonds is 8. The molecule has 0 amide bonds. The Morgan fingerprint density at radius 3 is 2.08 bits per heavy atom. The minimum Gasteiger partial charge on any atom is -0.481 e. The second kappa shape index (κ2) is 16.7. The van der Waals surface area contributed by atoms with Gasteiger partial charge in [-0.05, 0) is 116 Å². The molecule has 5 aliphatic carbocycles. The Hall–Kier alpha value is -1.35. The normalized spacial score (nSPS) is 54.1. The first-order valence-electron chi connectivity index (χ1n) is 23.6. The summed E-state index contributed by atoms with van der Waals surface area (Å²) in [5, 5.41) is 97.1. The van der Waals surface area contributed by atoms with Gasteiger partial charge in [-0.1, -0.05) is 60.1 Å². The van der Waals surface area contributed by atoms with Crippen LogP contribution in [-0.2, 0) is 33.2 Å². The Morgan fingerprint density at radius 2 is 1.40 bits per heavy atom. The standard InChI is InChI=1S/C47H76O16/c1-22-30(50)33(53)37(63-38-34(54)31(51)25(49)21-58-38)40(59-22)62-36-32(52)26(20-48)60-39(35(36)55)61-29-12-13-44(6)27(43(29,4)5)11-14-46(8)28(44)10-9-23-24-19-42(2,3)15-17-47(24,41(56)57)18-16-45(23,46)7/h9,22,24-40,48-55H,10-21H2,1-8H3,(H,56,57)/t22-,24-,25+,26-,27-,28-,29-,30-,31+,32-,33-,34-,35-,36+,37-,38+,39+,40-,44-,45+,46-,47+/m1/s1. The van der Waals surface area contributed by atoms with Gasteiger partial charge in [0.25, 0.3) is 0 Å². The molecule has 16 nitrogen and oxygen atoms in total. The van der Waals surface area contributed by atoms with E-state index < -0.39 is 122 Å². The summed E-state index contributed by atoms with van der Waals surface area (Å²) in [4.78, 5) is 13.1. The van der Waals surface area contributed by atoms with E-state index in [0.717, 1.165) is 51.4 Å². The van der Waals surface area contributed by atoms with Crippen molar-refractivity contribution in [1.82, 2.24) is 0 Å². The van der Waals surface area contributed by atoms with E-state index in [4.69, 9.17) is 28.4 Å². The van der Waals surface area contributed by atoms with Crippen molar-refractivity contribution in [3.05, 3.63) is 11.6 Å². The van der Waals surface area contributed by atoms with Gasteiger partial charge in [-0.25, -0.2) is 0 Å². The number of carbonyl (C=O) groups is 1. The number of aliphatic hydroxyl groups is 8. The minimum atomic E-state index is -1.74. The lowest BCUT2D eigenvalue weighted by Crippen LogP contribution is -2.67. The molecule has 63 heavy (non-hydrogen) atoms. The van der Waals surface area contributed by atoms with Crippen molar-refractivity contribution >= 4 is 5.97 Å². The van der Waals surface area contributed by atoms with E-state index >= 15 is 0 Å². The van der Waals surface area contributed by atoms with Crippen LogP contribution in [0.15, 0.2) is 11.6 Å². The lowest BCUT2D eigenvalue weighted by molar-refractivity contribution is -0.385. The van der Waals surface area contributed by atoms with Gasteiger partial charge in [0.05, 0.1) is 30.8 Å². The summed E-state index contributed by atoms with van der Waals surface area (Å²) in [6.07, 6.45) is -10.5. The molecule has 8 aliphatic rings. The van der Waals surface area contributed by atoms with Crippen LogP contribution in [0.2, 0.25) is 0 Å². The van der Waals surface area contributed by atoms with Gasteiger partial charge in [0.1, 0.15) is 61.0 Å². The van der Waals surface area contributed by atoms with Crippen LogP contribution in [0.3, 0.4) is 0 Å². The second-order valence-corrected chi connectivity index (χ2v) is 23.0. The maximum Gasteiger partial charge on any atom is 0.310 e. The Bertz CT molecular complexity index is 1720. The molecule has 16 heteroatoms. The van der Waals surface area contributed by atoms with Crippen LogP contribution in [0.4, 0.5) is 0 Å². The van der Waals surface area contributed by atoms with Gasteiger partial charge >= 0.3 is 5.97 Å². The quantitative estimate of drug-likeness (QED) is 0.125. The van der Waals surface area contributed by atoms with Crippen LogP contribution in [-0.4, -0.2) is 157 Å². The number of hydrogen-bond donors (Lipinski definition) is 9. The molecule has 8 rings (SSSR count). The van der Waals surface area contributed by atoms with Gasteiger partial charge in [-0.2, -0.15) is 0 Å². The van der Waals surface area contributed by atoms with Crippen molar-refractivity contribution in [1.29, 1.82) is 0 Å². The predicted molar refractivity (Wildman–Crippen MR) is 223 cm³/mol. The molecule has 4 saturated carbocycles. The average Bonchev–Trinajstić information content (AvgIpc) is 3.21. The number of aliphatic hydroxyl groups excluding tert-OH is 8. The first-order valence-corrected chi connectivity index (χ1v) is 23.6. The van der Waals surface area contributed by atoms with Crippen LogP contribution in [0.25, 0.3) is 0 Å². The molecule has 0 bridgehead atoms. The number of hydrogen-bond acceptors (Lipinski definition) is 15. The smallest absolute Gasteiger partial charge is 0.310 e. The monoisotopic (exact) mass is 897 g/mol. The zero-order chi connectivity index (χ0) is 46.0. The van der Waals surface area contributed by atoms with E-state index in [1.165, 1.54) is 12.5 Å². The van der Waals surface area contributed by atoms with Crippen LogP contribution in [0.5, 0.6) is 0 Å². The minimum absolute atomic E-state index is 0.0309. The third kappa shape index (κ3) is 7.51. The van der Waals surface area contributed by atoms with Crippen LogP contribution in [0.1, 0.15) is 120 Å². The number of aliphatic carboxylic acids is 1. The van der Waals surface area contributed by atoms with Gasteiger partial charge < -0.3 is 74.4 Å². The van der Waals surface area contributed by atoms with E-state index in [-0.39, 0.29) is 33.5 Å². The van der Waals surface area contributed by atoms with E-state index in [2.05, 4.69) is 54.5 Å². The molecule has 0 spiro atoms. The van der Waals surface area contributed by atoms with Crippen LogP contribution < -0.4 is 0 Å². The summed E-state index contributed by atoms with van der Waals surface area (Å²) < 4.78 is 36.2. The van der Waals surface area contributed by atoms with E-state index in [1.807, 2.05) is 0 Å². The van der Waals surface area contributed by atoms with Gasteiger partial charge in [0, 0.05) is 0 Å². The molecule has 0 radical (unpaired) electrons. The predicted octanol–water partition coefficient (Wildman–Crippen LogP) is 2.37. The zero-order valence-electron chi connectivity index (χ0n) is 38.3. The lowest BCUT2D eigenvalue weighted by Gasteiger charge is -2.71. The summed E-state index contributed by atoms with van der Waals surface area (Å²) in [5.41, 5.74) is 0.115. The average molecular weight is 897 g/mol. The molecule has 0 unspecified atom stereocenters. The molecule has 3 heterocycles. The molecule has 0 aromatic carbocycles. The summed E-state index contributed by atoms with van der Waals surface area (Å²) in [6.45, 7) is 16.8. The molecule has 3 saturated heterocycles. The molecule has 0 aromatic rings. The summed E-state index contributed by atoms with van der Waals surface area (Å²) in [7, 11) is 0. The molecule has 0 aromatic heterocycles. The van der Waals surface area contributed by atoms with Gasteiger partial charge in [-0.15, -0.1) is 0 Å². The van der Waals surface area contributed by atoms with E-state index in [0.29, 0.717) is 18.8 Å². The highest BCUT2D eigenvalue weighted by molar-refractivity contribution is 5.76. The van der Waals surface area contributed by atoms with Crippen molar-refractivity contribution in [2.24, 2.45) is 50.2 Å². The number of carboxylic acids is 1. The molecule has 360 valence electrons. The van der Waals surface area contributed by atoms with E-state index in [9.17, 15) is 50.8 Å². The maximum absolute atomic E-state index is 13.1. The van der Waals surface area contributed by atoms with Crippen molar-refractivity contribution in [2.75, 3.05) is 13.2 Å².